The zero-order chi connectivity index (χ0) is 19.6. The van der Waals surface area contributed by atoms with Crippen molar-refractivity contribution in [3.8, 4) is 11.5 Å². The number of rotatable bonds is 5. The van der Waals surface area contributed by atoms with E-state index in [0.29, 0.717) is 22.7 Å². The summed E-state index contributed by atoms with van der Waals surface area (Å²) in [5.74, 6) is -2.26. The summed E-state index contributed by atoms with van der Waals surface area (Å²) in [6.45, 7) is 1.71. The van der Waals surface area contributed by atoms with Crippen molar-refractivity contribution in [3.05, 3.63) is 35.4 Å². The molecule has 0 amide bonds. The summed E-state index contributed by atoms with van der Waals surface area (Å²) in [4.78, 5) is 10.2. The number of azo groups is 1. The summed E-state index contributed by atoms with van der Waals surface area (Å²) in [6, 6.07) is 4.80. The van der Waals surface area contributed by atoms with Gasteiger partial charge in [-0.05, 0) is 36.8 Å². The van der Waals surface area contributed by atoms with E-state index in [2.05, 4.69) is 10.2 Å². The van der Waals surface area contributed by atoms with E-state index in [0.717, 1.165) is 12.1 Å². The monoisotopic (exact) mass is 381 g/mol. The molecular formula is C15H15N3O7S. The van der Waals surface area contributed by atoms with Gasteiger partial charge in [-0.15, -0.1) is 0 Å². The Morgan fingerprint density at radius 2 is 1.85 bits per heavy atom. The van der Waals surface area contributed by atoms with Crippen LogP contribution in [0.15, 0.2) is 39.4 Å². The van der Waals surface area contributed by atoms with E-state index in [1.54, 1.807) is 13.0 Å². The van der Waals surface area contributed by atoms with Crippen molar-refractivity contribution < 1.29 is 32.7 Å². The number of benzene rings is 2. The Balaban J connectivity index is 2.57. The Morgan fingerprint density at radius 3 is 2.38 bits per heavy atom. The van der Waals surface area contributed by atoms with Gasteiger partial charge in [0.25, 0.3) is 10.1 Å². The summed E-state index contributed by atoms with van der Waals surface area (Å²) in [6.07, 6.45) is 0. The van der Waals surface area contributed by atoms with Gasteiger partial charge in [0.1, 0.15) is 16.2 Å². The molecule has 0 atom stereocenters. The van der Waals surface area contributed by atoms with Gasteiger partial charge in [-0.3, -0.25) is 4.55 Å². The van der Waals surface area contributed by atoms with E-state index in [1.807, 2.05) is 0 Å². The molecule has 0 aliphatic carbocycles. The molecule has 0 saturated heterocycles. The molecule has 2 aromatic carbocycles. The van der Waals surface area contributed by atoms with Crippen LogP contribution in [0.2, 0.25) is 0 Å². The first-order chi connectivity index (χ1) is 12.0. The largest absolute Gasteiger partial charge is 0.506 e. The fourth-order valence-electron chi connectivity index (χ4n) is 2.09. The summed E-state index contributed by atoms with van der Waals surface area (Å²) in [7, 11) is -3.42. The van der Waals surface area contributed by atoms with E-state index < -0.39 is 32.3 Å². The van der Waals surface area contributed by atoms with Gasteiger partial charge in [0.15, 0.2) is 5.75 Å². The first-order valence-corrected chi connectivity index (χ1v) is 8.42. The topological polar surface area (TPSA) is 172 Å². The second kappa shape index (κ2) is 6.98. The molecule has 5 N–H and O–H groups in total. The van der Waals surface area contributed by atoms with Crippen molar-refractivity contribution in [2.45, 2.75) is 11.8 Å². The van der Waals surface area contributed by atoms with E-state index in [-0.39, 0.29) is 5.69 Å². The fourth-order valence-corrected chi connectivity index (χ4v) is 2.72. The zero-order valence-electron chi connectivity index (χ0n) is 13.7. The van der Waals surface area contributed by atoms with Gasteiger partial charge in [-0.2, -0.15) is 18.6 Å². The molecule has 10 nitrogen and oxygen atoms in total. The summed E-state index contributed by atoms with van der Waals surface area (Å²) >= 11 is 0. The third-order valence-electron chi connectivity index (χ3n) is 3.39. The number of nitrogen functional groups attached to an aromatic ring is 1. The van der Waals surface area contributed by atoms with Crippen molar-refractivity contribution in [2.75, 3.05) is 12.8 Å². The molecule has 2 aromatic rings. The molecule has 138 valence electrons. The van der Waals surface area contributed by atoms with Gasteiger partial charge < -0.3 is 20.7 Å². The van der Waals surface area contributed by atoms with Crippen LogP contribution in [-0.4, -0.2) is 36.3 Å². The predicted molar refractivity (Wildman–Crippen MR) is 91.2 cm³/mol. The number of nitrogens with zero attached hydrogens (tertiary/aromatic N) is 2. The third kappa shape index (κ3) is 3.90. The van der Waals surface area contributed by atoms with Gasteiger partial charge in [0.2, 0.25) is 0 Å². The Bertz CT molecular complexity index is 1020. The summed E-state index contributed by atoms with van der Waals surface area (Å²) in [5, 5.41) is 26.5. The molecule has 0 saturated carbocycles. The van der Waals surface area contributed by atoms with Crippen molar-refractivity contribution >= 4 is 33.1 Å². The summed E-state index contributed by atoms with van der Waals surface area (Å²) < 4.78 is 36.9. The Labute approximate surface area is 148 Å². The van der Waals surface area contributed by atoms with Gasteiger partial charge in [0, 0.05) is 0 Å². The van der Waals surface area contributed by atoms with Crippen LogP contribution in [0.5, 0.6) is 11.5 Å². The van der Waals surface area contributed by atoms with Crippen molar-refractivity contribution in [3.63, 3.8) is 0 Å². The average molecular weight is 381 g/mol. The SMILES string of the molecule is COc1cc(C)c(N=Nc2cc(C(=O)O)c(O)c(S(=O)(=O)O)c2)cc1N. The molecule has 0 unspecified atom stereocenters. The lowest BCUT2D eigenvalue weighted by atomic mass is 10.1. The molecule has 0 aromatic heterocycles. The van der Waals surface area contributed by atoms with Gasteiger partial charge in [0.05, 0.1) is 24.2 Å². The Morgan fingerprint density at radius 1 is 1.19 bits per heavy atom. The van der Waals surface area contributed by atoms with Gasteiger partial charge >= 0.3 is 5.97 Å². The number of anilines is 1. The number of carboxylic acid groups (broad SMARTS) is 1. The number of methoxy groups -OCH3 is 1. The standard InChI is InChI=1S/C15H15N3O7S/c1-7-3-12(25-2)10(16)6-11(7)18-17-8-4-9(15(20)21)14(19)13(5-8)26(22,23)24/h3-6,19H,16H2,1-2H3,(H,20,21)(H,22,23,24). The number of aromatic carboxylic acids is 1. The molecule has 0 aliphatic rings. The molecular weight excluding hydrogens is 366 g/mol. The van der Waals surface area contributed by atoms with Crippen LogP contribution >= 0.6 is 0 Å². The highest BCUT2D eigenvalue weighted by Crippen LogP contribution is 2.34. The Hall–Kier alpha value is -3.18. The molecule has 26 heavy (non-hydrogen) atoms. The second-order valence-electron chi connectivity index (χ2n) is 5.20. The highest BCUT2D eigenvalue weighted by Gasteiger charge is 2.23. The number of nitrogens with two attached hydrogens (primary N) is 1. The van der Waals surface area contributed by atoms with E-state index >= 15 is 0 Å². The minimum absolute atomic E-state index is 0.207. The second-order valence-corrected chi connectivity index (χ2v) is 6.59. The molecule has 0 heterocycles. The normalized spacial score (nSPS) is 11.7. The maximum Gasteiger partial charge on any atom is 0.339 e. The van der Waals surface area contributed by atoms with Crippen LogP contribution in [0, 0.1) is 6.92 Å². The van der Waals surface area contributed by atoms with Gasteiger partial charge in [-0.25, -0.2) is 4.79 Å². The maximum atomic E-state index is 11.3. The predicted octanol–water partition coefficient (Wildman–Crippen LogP) is 2.65. The number of aryl methyl sites for hydroxylation is 1. The minimum atomic E-state index is -4.87. The Kier molecular flexibility index (Phi) is 5.14. The smallest absolute Gasteiger partial charge is 0.339 e. The van der Waals surface area contributed by atoms with Crippen molar-refractivity contribution in [1.29, 1.82) is 0 Å². The zero-order valence-corrected chi connectivity index (χ0v) is 14.5. The molecule has 0 aliphatic heterocycles. The van der Waals surface area contributed by atoms with E-state index in [9.17, 15) is 18.3 Å². The number of carbonyl (C=O) groups is 1. The fraction of sp³-hybridized carbons (Fsp3) is 0.133. The van der Waals surface area contributed by atoms with E-state index in [4.69, 9.17) is 20.1 Å². The third-order valence-corrected chi connectivity index (χ3v) is 4.26. The lowest BCUT2D eigenvalue weighted by Crippen LogP contribution is -2.04. The van der Waals surface area contributed by atoms with Crippen LogP contribution in [0.3, 0.4) is 0 Å². The molecule has 11 heteroatoms. The molecule has 2 rings (SSSR count). The first kappa shape index (κ1) is 19.1. The highest BCUT2D eigenvalue weighted by atomic mass is 32.2. The van der Waals surface area contributed by atoms with Crippen molar-refractivity contribution in [2.24, 2.45) is 10.2 Å². The molecule has 0 radical (unpaired) electrons. The number of hydrogen-bond acceptors (Lipinski definition) is 8. The number of phenols is 1. The van der Waals surface area contributed by atoms with Crippen LogP contribution < -0.4 is 10.5 Å². The summed E-state index contributed by atoms with van der Waals surface area (Å²) in [5.41, 5.74) is 6.10. The quantitative estimate of drug-likeness (QED) is 0.347. The highest BCUT2D eigenvalue weighted by molar-refractivity contribution is 7.86. The first-order valence-electron chi connectivity index (χ1n) is 6.98. The van der Waals surface area contributed by atoms with Crippen LogP contribution in [-0.2, 0) is 10.1 Å². The number of hydrogen-bond donors (Lipinski definition) is 4. The molecule has 0 fully saturated rings. The van der Waals surface area contributed by atoms with E-state index in [1.165, 1.54) is 13.2 Å². The van der Waals surface area contributed by atoms with Crippen LogP contribution in [0.4, 0.5) is 17.1 Å². The lowest BCUT2D eigenvalue weighted by molar-refractivity contribution is 0.0693. The average Bonchev–Trinajstić information content (AvgIpc) is 2.54. The van der Waals surface area contributed by atoms with Crippen molar-refractivity contribution in [1.82, 2.24) is 0 Å². The molecule has 0 bridgehead atoms. The van der Waals surface area contributed by atoms with Crippen LogP contribution in [0.1, 0.15) is 15.9 Å². The lowest BCUT2D eigenvalue weighted by Gasteiger charge is -2.08. The number of aromatic hydroxyl groups is 1. The van der Waals surface area contributed by atoms with Crippen LogP contribution in [0.25, 0.3) is 0 Å². The molecule has 0 spiro atoms. The number of carboxylic acids is 1. The minimum Gasteiger partial charge on any atom is -0.506 e. The van der Waals surface area contributed by atoms with Gasteiger partial charge in [-0.1, -0.05) is 0 Å². The number of ether oxygens (including phenoxy) is 1. The maximum absolute atomic E-state index is 11.3.